The maximum absolute atomic E-state index is 5.78. The minimum atomic E-state index is 0.0848. The van der Waals surface area contributed by atoms with Crippen molar-refractivity contribution in [2.45, 2.75) is 27.2 Å². The molecule has 0 spiro atoms. The van der Waals surface area contributed by atoms with Crippen molar-refractivity contribution in [3.8, 4) is 0 Å². The lowest BCUT2D eigenvalue weighted by atomic mass is 9.93. The summed E-state index contributed by atoms with van der Waals surface area (Å²) in [6.45, 7) is 9.01. The van der Waals surface area contributed by atoms with Crippen molar-refractivity contribution >= 4 is 28.5 Å². The Kier molecular flexibility index (Phi) is 5.58. The zero-order valence-corrected chi connectivity index (χ0v) is 12.9. The molecule has 0 aromatic carbocycles. The molecule has 0 radical (unpaired) electrons. The van der Waals surface area contributed by atoms with E-state index in [1.165, 1.54) is 0 Å². The Morgan fingerprint density at radius 2 is 1.94 bits per heavy atom. The van der Waals surface area contributed by atoms with Gasteiger partial charge in [-0.25, -0.2) is 9.97 Å². The van der Waals surface area contributed by atoms with Gasteiger partial charge in [-0.2, -0.15) is 0 Å². The summed E-state index contributed by atoms with van der Waals surface area (Å²) in [7, 11) is 0. The van der Waals surface area contributed by atoms with Gasteiger partial charge in [0.2, 0.25) is 5.95 Å². The molecule has 0 saturated heterocycles. The van der Waals surface area contributed by atoms with E-state index in [2.05, 4.69) is 58.2 Å². The van der Waals surface area contributed by atoms with Crippen molar-refractivity contribution in [2.75, 3.05) is 24.5 Å². The lowest BCUT2D eigenvalue weighted by Gasteiger charge is -2.31. The molecule has 0 fully saturated rings. The van der Waals surface area contributed by atoms with Crippen molar-refractivity contribution in [3.63, 3.8) is 0 Å². The van der Waals surface area contributed by atoms with Crippen LogP contribution in [0.3, 0.4) is 0 Å². The highest BCUT2D eigenvalue weighted by atomic mass is 127. The summed E-state index contributed by atoms with van der Waals surface area (Å²) in [5, 5.41) is 0. The molecule has 1 rings (SSSR count). The van der Waals surface area contributed by atoms with Gasteiger partial charge in [0.1, 0.15) is 0 Å². The van der Waals surface area contributed by atoms with Crippen LogP contribution in [0.4, 0.5) is 5.95 Å². The van der Waals surface area contributed by atoms with Crippen LogP contribution in [0, 0.1) is 8.99 Å². The second-order valence-electron chi connectivity index (χ2n) is 4.99. The second-order valence-corrected chi connectivity index (χ2v) is 6.24. The number of rotatable bonds is 6. The molecule has 0 unspecified atom stereocenters. The average molecular weight is 348 g/mol. The Balaban J connectivity index is 2.81. The fourth-order valence-corrected chi connectivity index (χ4v) is 1.85. The molecule has 2 N–H and O–H groups in total. The minimum absolute atomic E-state index is 0.0848. The Labute approximate surface area is 117 Å². The molecule has 17 heavy (non-hydrogen) atoms. The van der Waals surface area contributed by atoms with Crippen molar-refractivity contribution in [1.29, 1.82) is 0 Å². The molecule has 0 aliphatic heterocycles. The first-order valence-corrected chi connectivity index (χ1v) is 6.99. The normalized spacial score (nSPS) is 11.6. The zero-order valence-electron chi connectivity index (χ0n) is 10.8. The van der Waals surface area contributed by atoms with E-state index in [1.807, 2.05) is 12.4 Å². The van der Waals surface area contributed by atoms with E-state index in [-0.39, 0.29) is 5.41 Å². The third kappa shape index (κ3) is 4.75. The van der Waals surface area contributed by atoms with Gasteiger partial charge in [-0.1, -0.05) is 20.8 Å². The van der Waals surface area contributed by atoms with Crippen LogP contribution in [-0.2, 0) is 0 Å². The number of hydrogen-bond acceptors (Lipinski definition) is 4. The van der Waals surface area contributed by atoms with E-state index < -0.39 is 0 Å². The first-order valence-electron chi connectivity index (χ1n) is 5.91. The smallest absolute Gasteiger partial charge is 0.225 e. The highest BCUT2D eigenvalue weighted by Gasteiger charge is 2.21. The SMILES string of the molecule is CCCN(CC(C)(C)CN)c1ncc(I)cn1. The molecule has 1 heterocycles. The quantitative estimate of drug-likeness (QED) is 0.802. The molecule has 1 aromatic rings. The van der Waals surface area contributed by atoms with E-state index in [4.69, 9.17) is 5.73 Å². The van der Waals surface area contributed by atoms with Crippen LogP contribution in [0.25, 0.3) is 0 Å². The fourth-order valence-electron chi connectivity index (χ4n) is 1.57. The second kappa shape index (κ2) is 6.49. The van der Waals surface area contributed by atoms with Crippen LogP contribution in [-0.4, -0.2) is 29.6 Å². The molecule has 0 aliphatic rings. The zero-order chi connectivity index (χ0) is 12.9. The van der Waals surface area contributed by atoms with Gasteiger partial charge in [0, 0.05) is 29.1 Å². The molecule has 0 saturated carbocycles. The van der Waals surface area contributed by atoms with Crippen molar-refractivity contribution in [3.05, 3.63) is 16.0 Å². The largest absolute Gasteiger partial charge is 0.340 e. The summed E-state index contributed by atoms with van der Waals surface area (Å²) in [5.74, 6) is 0.800. The number of aromatic nitrogens is 2. The van der Waals surface area contributed by atoms with Gasteiger partial charge >= 0.3 is 0 Å². The number of hydrogen-bond donors (Lipinski definition) is 1. The Morgan fingerprint density at radius 1 is 1.35 bits per heavy atom. The molecule has 1 aromatic heterocycles. The summed E-state index contributed by atoms with van der Waals surface area (Å²) < 4.78 is 1.06. The number of anilines is 1. The van der Waals surface area contributed by atoms with E-state index >= 15 is 0 Å². The van der Waals surface area contributed by atoms with Gasteiger partial charge in [0.25, 0.3) is 0 Å². The molecular formula is C12H21IN4. The van der Waals surface area contributed by atoms with Crippen molar-refractivity contribution < 1.29 is 0 Å². The minimum Gasteiger partial charge on any atom is -0.340 e. The maximum atomic E-state index is 5.78. The van der Waals surface area contributed by atoms with Gasteiger partial charge in [0.15, 0.2) is 0 Å². The molecule has 0 bridgehead atoms. The number of nitrogens with two attached hydrogens (primary N) is 1. The molecule has 0 aliphatic carbocycles. The van der Waals surface area contributed by atoms with Crippen LogP contribution in [0.1, 0.15) is 27.2 Å². The average Bonchev–Trinajstić information content (AvgIpc) is 2.29. The van der Waals surface area contributed by atoms with E-state index in [0.717, 1.165) is 29.0 Å². The van der Waals surface area contributed by atoms with Crippen molar-refractivity contribution in [2.24, 2.45) is 11.1 Å². The molecule has 5 heteroatoms. The molecular weight excluding hydrogens is 327 g/mol. The summed E-state index contributed by atoms with van der Waals surface area (Å²) >= 11 is 2.21. The van der Waals surface area contributed by atoms with Gasteiger partial charge < -0.3 is 10.6 Å². The van der Waals surface area contributed by atoms with Gasteiger partial charge in [-0.15, -0.1) is 0 Å². The topological polar surface area (TPSA) is 55.0 Å². The van der Waals surface area contributed by atoms with Crippen molar-refractivity contribution in [1.82, 2.24) is 9.97 Å². The third-order valence-electron chi connectivity index (χ3n) is 2.55. The summed E-state index contributed by atoms with van der Waals surface area (Å²) in [6, 6.07) is 0. The van der Waals surface area contributed by atoms with E-state index in [0.29, 0.717) is 6.54 Å². The van der Waals surface area contributed by atoms with Gasteiger partial charge in [-0.3, -0.25) is 0 Å². The highest BCUT2D eigenvalue weighted by Crippen LogP contribution is 2.18. The van der Waals surface area contributed by atoms with Crippen LogP contribution in [0.2, 0.25) is 0 Å². The standard InChI is InChI=1S/C12H21IN4/c1-4-5-17(9-12(2,3)8-14)11-15-6-10(13)7-16-11/h6-7H,4-5,8-9,14H2,1-3H3. The predicted octanol–water partition coefficient (Wildman–Crippen LogP) is 2.28. The first-order chi connectivity index (χ1) is 7.98. The number of halogens is 1. The summed E-state index contributed by atoms with van der Waals surface area (Å²) in [5.41, 5.74) is 5.87. The number of nitrogens with zero attached hydrogens (tertiary/aromatic N) is 3. The van der Waals surface area contributed by atoms with E-state index in [9.17, 15) is 0 Å². The Morgan fingerprint density at radius 3 is 2.41 bits per heavy atom. The van der Waals surface area contributed by atoms with Crippen LogP contribution in [0.15, 0.2) is 12.4 Å². The van der Waals surface area contributed by atoms with Gasteiger partial charge in [0.05, 0.1) is 0 Å². The fraction of sp³-hybridized carbons (Fsp3) is 0.667. The first kappa shape index (κ1) is 14.6. The lowest BCUT2D eigenvalue weighted by Crippen LogP contribution is -2.40. The van der Waals surface area contributed by atoms with E-state index in [1.54, 1.807) is 0 Å². The Hall–Kier alpha value is -0.430. The lowest BCUT2D eigenvalue weighted by molar-refractivity contribution is 0.375. The highest BCUT2D eigenvalue weighted by molar-refractivity contribution is 14.1. The molecule has 4 nitrogen and oxygen atoms in total. The monoisotopic (exact) mass is 348 g/mol. The Bertz CT molecular complexity index is 337. The third-order valence-corrected chi connectivity index (χ3v) is 3.11. The van der Waals surface area contributed by atoms with Crippen LogP contribution >= 0.6 is 22.6 Å². The van der Waals surface area contributed by atoms with Crippen LogP contribution in [0.5, 0.6) is 0 Å². The molecule has 0 atom stereocenters. The predicted molar refractivity (Wildman–Crippen MR) is 80.1 cm³/mol. The summed E-state index contributed by atoms with van der Waals surface area (Å²) in [4.78, 5) is 11.0. The maximum Gasteiger partial charge on any atom is 0.225 e. The molecule has 0 amide bonds. The summed E-state index contributed by atoms with van der Waals surface area (Å²) in [6.07, 6.45) is 4.78. The van der Waals surface area contributed by atoms with Crippen LogP contribution < -0.4 is 10.6 Å². The van der Waals surface area contributed by atoms with Gasteiger partial charge in [-0.05, 0) is 41.0 Å². The molecule has 96 valence electrons.